The summed E-state index contributed by atoms with van der Waals surface area (Å²) in [5.41, 5.74) is 0.347. The van der Waals surface area contributed by atoms with Crippen LogP contribution in [-0.4, -0.2) is 37.0 Å². The number of carbonyl (C=O) groups excluding carboxylic acids is 1. The number of hydrogen-bond acceptors (Lipinski definition) is 2. The molecule has 2 atom stereocenters. The summed E-state index contributed by atoms with van der Waals surface area (Å²) in [6.45, 7) is 8.50. The Hall–Kier alpha value is -0.940. The number of nitrogens with one attached hydrogen (secondary N) is 1. The highest BCUT2D eigenvalue weighted by atomic mass is 79.9. The Labute approximate surface area is 140 Å². The molecule has 0 bridgehead atoms. The molecule has 1 N–H and O–H groups in total. The van der Waals surface area contributed by atoms with Crippen LogP contribution in [0, 0.1) is 17.7 Å². The maximum atomic E-state index is 13.2. The first-order valence-electron chi connectivity index (χ1n) is 7.91. The summed E-state index contributed by atoms with van der Waals surface area (Å²) in [5.74, 6) is 0.875. The molecule has 0 aliphatic carbocycles. The highest BCUT2D eigenvalue weighted by Crippen LogP contribution is 2.21. The number of rotatable bonds is 5. The Morgan fingerprint density at radius 1 is 1.36 bits per heavy atom. The number of hydrogen-bond donors (Lipinski definition) is 1. The Morgan fingerprint density at radius 3 is 2.73 bits per heavy atom. The van der Waals surface area contributed by atoms with E-state index in [2.05, 4.69) is 40.0 Å². The molecule has 22 heavy (non-hydrogen) atoms. The molecule has 0 radical (unpaired) electrons. The van der Waals surface area contributed by atoms with Crippen molar-refractivity contribution >= 4 is 21.8 Å². The molecule has 1 amide bonds. The van der Waals surface area contributed by atoms with Gasteiger partial charge in [0.05, 0.1) is 5.56 Å². The Bertz CT molecular complexity index is 513. The lowest BCUT2D eigenvalue weighted by atomic mass is 9.92. The fraction of sp³-hybridized carbons (Fsp3) is 0.588. The fourth-order valence-corrected chi connectivity index (χ4v) is 3.67. The van der Waals surface area contributed by atoms with E-state index in [1.807, 2.05) is 0 Å². The zero-order valence-electron chi connectivity index (χ0n) is 13.2. The summed E-state index contributed by atoms with van der Waals surface area (Å²) in [4.78, 5) is 14.5. The molecular weight excluding hydrogens is 347 g/mol. The first-order chi connectivity index (χ1) is 10.5. The maximum Gasteiger partial charge on any atom is 0.252 e. The number of benzene rings is 1. The molecule has 1 aliphatic rings. The minimum Gasteiger partial charge on any atom is -0.352 e. The van der Waals surface area contributed by atoms with E-state index in [1.54, 1.807) is 6.07 Å². The van der Waals surface area contributed by atoms with Gasteiger partial charge >= 0.3 is 0 Å². The predicted octanol–water partition coefficient (Wildman–Crippen LogP) is 3.69. The molecule has 0 spiro atoms. The van der Waals surface area contributed by atoms with Crippen LogP contribution in [0.15, 0.2) is 22.7 Å². The summed E-state index contributed by atoms with van der Waals surface area (Å²) < 4.78 is 13.8. The molecule has 3 nitrogen and oxygen atoms in total. The highest BCUT2D eigenvalue weighted by molar-refractivity contribution is 9.10. The van der Waals surface area contributed by atoms with E-state index in [4.69, 9.17) is 0 Å². The SMILES string of the molecule is C[C@@H]1C[C@@H](C)CN(CCCNC(=O)c2cc(F)ccc2Br)C1. The summed E-state index contributed by atoms with van der Waals surface area (Å²) in [7, 11) is 0. The minimum atomic E-state index is -0.398. The zero-order chi connectivity index (χ0) is 16.1. The summed E-state index contributed by atoms with van der Waals surface area (Å²) >= 11 is 3.28. The number of halogens is 2. The monoisotopic (exact) mass is 370 g/mol. The van der Waals surface area contributed by atoms with Crippen LogP contribution in [0.5, 0.6) is 0 Å². The van der Waals surface area contributed by atoms with Crippen LogP contribution in [0.3, 0.4) is 0 Å². The third-order valence-corrected chi connectivity index (χ3v) is 4.75. The summed E-state index contributed by atoms with van der Waals surface area (Å²) in [5, 5.41) is 2.87. The first kappa shape index (κ1) is 17.4. The lowest BCUT2D eigenvalue weighted by Crippen LogP contribution is -2.40. The van der Waals surface area contributed by atoms with E-state index in [9.17, 15) is 9.18 Å². The van der Waals surface area contributed by atoms with Crippen LogP contribution in [0.4, 0.5) is 4.39 Å². The molecule has 5 heteroatoms. The van der Waals surface area contributed by atoms with Gasteiger partial charge in [0.15, 0.2) is 0 Å². The molecule has 122 valence electrons. The van der Waals surface area contributed by atoms with Crippen molar-refractivity contribution in [3.05, 3.63) is 34.1 Å². The van der Waals surface area contributed by atoms with Gasteiger partial charge in [-0.3, -0.25) is 4.79 Å². The normalized spacial score (nSPS) is 22.5. The van der Waals surface area contributed by atoms with Crippen molar-refractivity contribution in [1.29, 1.82) is 0 Å². The van der Waals surface area contributed by atoms with Crippen molar-refractivity contribution in [3.63, 3.8) is 0 Å². The van der Waals surface area contributed by atoms with Gasteiger partial charge in [-0.05, 0) is 65.4 Å². The second-order valence-electron chi connectivity index (χ2n) is 6.44. The molecule has 1 aliphatic heterocycles. The average molecular weight is 371 g/mol. The molecule has 1 saturated heterocycles. The van der Waals surface area contributed by atoms with Gasteiger partial charge in [-0.15, -0.1) is 0 Å². The van der Waals surface area contributed by atoms with Crippen molar-refractivity contribution in [3.8, 4) is 0 Å². The van der Waals surface area contributed by atoms with Crippen LogP contribution in [0.25, 0.3) is 0 Å². The largest absolute Gasteiger partial charge is 0.352 e. The first-order valence-corrected chi connectivity index (χ1v) is 8.70. The number of carbonyl (C=O) groups is 1. The molecule has 0 saturated carbocycles. The van der Waals surface area contributed by atoms with Gasteiger partial charge in [0.25, 0.3) is 5.91 Å². The van der Waals surface area contributed by atoms with Gasteiger partial charge in [-0.2, -0.15) is 0 Å². The predicted molar refractivity (Wildman–Crippen MR) is 90.4 cm³/mol. The van der Waals surface area contributed by atoms with E-state index in [0.717, 1.165) is 37.9 Å². The van der Waals surface area contributed by atoms with Crippen molar-refractivity contribution in [2.75, 3.05) is 26.2 Å². The van der Waals surface area contributed by atoms with Crippen molar-refractivity contribution in [1.82, 2.24) is 10.2 Å². The summed E-state index contributed by atoms with van der Waals surface area (Å²) in [6, 6.07) is 4.15. The minimum absolute atomic E-state index is 0.230. The van der Waals surface area contributed by atoms with E-state index < -0.39 is 5.82 Å². The van der Waals surface area contributed by atoms with Gasteiger partial charge in [-0.25, -0.2) is 4.39 Å². The third-order valence-electron chi connectivity index (χ3n) is 4.05. The van der Waals surface area contributed by atoms with Crippen LogP contribution in [0.2, 0.25) is 0 Å². The number of amides is 1. The molecular formula is C17H24BrFN2O. The number of nitrogens with zero attached hydrogens (tertiary/aromatic N) is 1. The molecule has 1 aromatic carbocycles. The Kier molecular flexibility index (Phi) is 6.38. The standard InChI is InChI=1S/C17H24BrFN2O/c1-12-8-13(2)11-21(10-12)7-3-6-20-17(22)15-9-14(19)4-5-16(15)18/h4-5,9,12-13H,3,6-8,10-11H2,1-2H3,(H,20,22)/t12-,13-/m1/s1. The van der Waals surface area contributed by atoms with Crippen LogP contribution < -0.4 is 5.32 Å². The smallest absolute Gasteiger partial charge is 0.252 e. The Morgan fingerprint density at radius 2 is 2.05 bits per heavy atom. The molecule has 2 rings (SSSR count). The lowest BCUT2D eigenvalue weighted by molar-refractivity contribution is 0.0946. The summed E-state index contributed by atoms with van der Waals surface area (Å²) in [6.07, 6.45) is 2.22. The topological polar surface area (TPSA) is 32.3 Å². The van der Waals surface area contributed by atoms with E-state index >= 15 is 0 Å². The molecule has 0 aromatic heterocycles. The molecule has 0 unspecified atom stereocenters. The number of piperidine rings is 1. The molecule has 1 heterocycles. The second kappa shape index (κ2) is 8.06. The van der Waals surface area contributed by atoms with E-state index in [-0.39, 0.29) is 5.91 Å². The molecule has 1 aromatic rings. The molecule has 1 fully saturated rings. The second-order valence-corrected chi connectivity index (χ2v) is 7.29. The highest BCUT2D eigenvalue weighted by Gasteiger charge is 2.21. The number of likely N-dealkylation sites (tertiary alicyclic amines) is 1. The van der Waals surface area contributed by atoms with Gasteiger partial charge in [0, 0.05) is 24.1 Å². The lowest BCUT2D eigenvalue weighted by Gasteiger charge is -2.34. The van der Waals surface area contributed by atoms with Gasteiger partial charge in [0.1, 0.15) is 5.82 Å². The fourth-order valence-electron chi connectivity index (χ4n) is 3.25. The third kappa shape index (κ3) is 5.06. The van der Waals surface area contributed by atoms with E-state index in [0.29, 0.717) is 16.6 Å². The van der Waals surface area contributed by atoms with Crippen LogP contribution in [0.1, 0.15) is 37.0 Å². The van der Waals surface area contributed by atoms with Crippen LogP contribution in [-0.2, 0) is 0 Å². The Balaban J connectivity index is 1.74. The van der Waals surface area contributed by atoms with Crippen molar-refractivity contribution in [2.24, 2.45) is 11.8 Å². The van der Waals surface area contributed by atoms with Gasteiger partial charge < -0.3 is 10.2 Å². The van der Waals surface area contributed by atoms with Gasteiger partial charge in [0.2, 0.25) is 0 Å². The van der Waals surface area contributed by atoms with Crippen molar-refractivity contribution < 1.29 is 9.18 Å². The zero-order valence-corrected chi connectivity index (χ0v) is 14.8. The van der Waals surface area contributed by atoms with Crippen LogP contribution >= 0.6 is 15.9 Å². The van der Waals surface area contributed by atoms with Crippen molar-refractivity contribution in [2.45, 2.75) is 26.7 Å². The quantitative estimate of drug-likeness (QED) is 0.801. The van der Waals surface area contributed by atoms with E-state index in [1.165, 1.54) is 18.6 Å². The van der Waals surface area contributed by atoms with Gasteiger partial charge in [-0.1, -0.05) is 13.8 Å². The average Bonchev–Trinajstić information content (AvgIpc) is 2.45. The maximum absolute atomic E-state index is 13.2.